The van der Waals surface area contributed by atoms with E-state index in [9.17, 15) is 0 Å². The molecule has 3 heteroatoms. The van der Waals surface area contributed by atoms with Crippen LogP contribution in [0.25, 0.3) is 0 Å². The molecule has 0 radical (unpaired) electrons. The van der Waals surface area contributed by atoms with Gasteiger partial charge in [0.2, 0.25) is 0 Å². The maximum Gasteiger partial charge on any atom is 0.0472 e. The minimum absolute atomic E-state index is 0.443. The maximum absolute atomic E-state index is 5.56. The van der Waals surface area contributed by atoms with E-state index in [0.29, 0.717) is 5.41 Å². The second-order valence-corrected chi connectivity index (χ2v) is 6.47. The molecule has 0 aromatic heterocycles. The van der Waals surface area contributed by atoms with E-state index in [0.717, 1.165) is 31.7 Å². The number of hydrogen-bond donors (Lipinski definition) is 1. The van der Waals surface area contributed by atoms with Crippen LogP contribution in [-0.4, -0.2) is 50.8 Å². The first kappa shape index (κ1) is 14.3. The molecule has 2 aliphatic heterocycles. The first-order valence-electron chi connectivity index (χ1n) is 7.63. The molecule has 2 fully saturated rings. The monoisotopic (exact) mass is 254 g/mol. The number of nitrogens with one attached hydrogen (secondary N) is 1. The Morgan fingerprint density at radius 3 is 2.67 bits per heavy atom. The standard InChI is InChI=1S/C15H30N2O/c1-13-5-4-8-17(14(13)2)12-15(11-16-3)6-9-18-10-7-15/h13-14,16H,4-12H2,1-3H3. The topological polar surface area (TPSA) is 24.5 Å². The van der Waals surface area contributed by atoms with Crippen molar-refractivity contribution >= 4 is 0 Å². The third-order valence-corrected chi connectivity index (χ3v) is 5.15. The lowest BCUT2D eigenvalue weighted by Crippen LogP contribution is -2.52. The largest absolute Gasteiger partial charge is 0.381 e. The molecule has 2 aliphatic rings. The Bertz CT molecular complexity index is 245. The first-order valence-corrected chi connectivity index (χ1v) is 7.63. The second kappa shape index (κ2) is 6.36. The third kappa shape index (κ3) is 3.25. The highest BCUT2D eigenvalue weighted by Crippen LogP contribution is 2.34. The zero-order valence-electron chi connectivity index (χ0n) is 12.4. The lowest BCUT2D eigenvalue weighted by atomic mass is 9.78. The fourth-order valence-corrected chi connectivity index (χ4v) is 3.65. The number of ether oxygens (including phenoxy) is 1. The van der Waals surface area contributed by atoms with Crippen molar-refractivity contribution in [3.05, 3.63) is 0 Å². The van der Waals surface area contributed by atoms with E-state index in [1.807, 2.05) is 0 Å². The maximum atomic E-state index is 5.56. The van der Waals surface area contributed by atoms with Gasteiger partial charge in [-0.3, -0.25) is 4.90 Å². The molecule has 2 saturated heterocycles. The second-order valence-electron chi connectivity index (χ2n) is 6.47. The predicted octanol–water partition coefficient (Wildman–Crippen LogP) is 2.12. The van der Waals surface area contributed by atoms with Crippen LogP contribution in [0.2, 0.25) is 0 Å². The minimum atomic E-state index is 0.443. The fraction of sp³-hybridized carbons (Fsp3) is 1.00. The summed E-state index contributed by atoms with van der Waals surface area (Å²) in [6.45, 7) is 10.4. The Balaban J connectivity index is 1.99. The first-order chi connectivity index (χ1) is 8.67. The van der Waals surface area contributed by atoms with E-state index < -0.39 is 0 Å². The summed E-state index contributed by atoms with van der Waals surface area (Å²) in [5, 5.41) is 3.41. The molecule has 1 N–H and O–H groups in total. The molecular formula is C15H30N2O. The summed E-state index contributed by atoms with van der Waals surface area (Å²) in [6, 6.07) is 0.746. The zero-order chi connectivity index (χ0) is 13.0. The van der Waals surface area contributed by atoms with E-state index >= 15 is 0 Å². The highest BCUT2D eigenvalue weighted by atomic mass is 16.5. The van der Waals surface area contributed by atoms with Crippen molar-refractivity contribution in [2.24, 2.45) is 11.3 Å². The number of piperidine rings is 1. The number of likely N-dealkylation sites (tertiary alicyclic amines) is 1. The SMILES string of the molecule is CNCC1(CN2CCCC(C)C2C)CCOCC1. The Kier molecular flexibility index (Phi) is 5.05. The summed E-state index contributed by atoms with van der Waals surface area (Å²) in [6.07, 6.45) is 5.20. The molecule has 0 aromatic carbocycles. The molecule has 0 amide bonds. The van der Waals surface area contributed by atoms with Gasteiger partial charge in [0.15, 0.2) is 0 Å². The molecule has 2 atom stereocenters. The Hall–Kier alpha value is -0.120. The van der Waals surface area contributed by atoms with E-state index in [4.69, 9.17) is 4.74 Å². The Morgan fingerprint density at radius 2 is 2.00 bits per heavy atom. The molecule has 106 valence electrons. The lowest BCUT2D eigenvalue weighted by molar-refractivity contribution is -0.0211. The van der Waals surface area contributed by atoms with Gasteiger partial charge in [-0.05, 0) is 57.5 Å². The van der Waals surface area contributed by atoms with Gasteiger partial charge in [0.1, 0.15) is 0 Å². The molecule has 0 saturated carbocycles. The summed E-state index contributed by atoms with van der Waals surface area (Å²) < 4.78 is 5.56. The van der Waals surface area contributed by atoms with E-state index in [-0.39, 0.29) is 0 Å². The number of nitrogens with zero attached hydrogens (tertiary/aromatic N) is 1. The molecule has 3 nitrogen and oxygen atoms in total. The minimum Gasteiger partial charge on any atom is -0.381 e. The van der Waals surface area contributed by atoms with Crippen LogP contribution in [0.5, 0.6) is 0 Å². The van der Waals surface area contributed by atoms with Crippen LogP contribution in [0, 0.1) is 11.3 Å². The molecule has 0 aromatic rings. The van der Waals surface area contributed by atoms with E-state index in [1.165, 1.54) is 38.8 Å². The quantitative estimate of drug-likeness (QED) is 0.832. The summed E-state index contributed by atoms with van der Waals surface area (Å²) in [5.74, 6) is 0.852. The van der Waals surface area contributed by atoms with Crippen LogP contribution in [0.15, 0.2) is 0 Å². The molecule has 0 aliphatic carbocycles. The van der Waals surface area contributed by atoms with Crippen molar-refractivity contribution < 1.29 is 4.74 Å². The summed E-state index contributed by atoms with van der Waals surface area (Å²) >= 11 is 0. The van der Waals surface area contributed by atoms with Crippen LogP contribution in [0.1, 0.15) is 39.5 Å². The smallest absolute Gasteiger partial charge is 0.0472 e. The van der Waals surface area contributed by atoms with Crippen LogP contribution in [0.3, 0.4) is 0 Å². The van der Waals surface area contributed by atoms with Crippen molar-refractivity contribution in [3.8, 4) is 0 Å². The predicted molar refractivity (Wildman–Crippen MR) is 75.8 cm³/mol. The zero-order valence-corrected chi connectivity index (χ0v) is 12.4. The van der Waals surface area contributed by atoms with Crippen LogP contribution >= 0.6 is 0 Å². The van der Waals surface area contributed by atoms with Gasteiger partial charge >= 0.3 is 0 Å². The highest BCUT2D eigenvalue weighted by molar-refractivity contribution is 4.90. The molecule has 0 bridgehead atoms. The van der Waals surface area contributed by atoms with Crippen molar-refractivity contribution in [2.45, 2.75) is 45.6 Å². The third-order valence-electron chi connectivity index (χ3n) is 5.15. The van der Waals surface area contributed by atoms with Gasteiger partial charge in [-0.25, -0.2) is 0 Å². The van der Waals surface area contributed by atoms with Crippen LogP contribution in [0.4, 0.5) is 0 Å². The average Bonchev–Trinajstić information content (AvgIpc) is 2.36. The van der Waals surface area contributed by atoms with Crippen molar-refractivity contribution in [1.82, 2.24) is 10.2 Å². The van der Waals surface area contributed by atoms with Gasteiger partial charge in [-0.15, -0.1) is 0 Å². The average molecular weight is 254 g/mol. The molecule has 2 rings (SSSR count). The van der Waals surface area contributed by atoms with Crippen LogP contribution < -0.4 is 5.32 Å². The van der Waals surface area contributed by atoms with Crippen LogP contribution in [-0.2, 0) is 4.74 Å². The summed E-state index contributed by atoms with van der Waals surface area (Å²) in [4.78, 5) is 2.73. The van der Waals surface area contributed by atoms with Crippen molar-refractivity contribution in [2.75, 3.05) is 39.9 Å². The molecular weight excluding hydrogens is 224 g/mol. The van der Waals surface area contributed by atoms with Gasteiger partial charge in [0.05, 0.1) is 0 Å². The molecule has 0 spiro atoms. The van der Waals surface area contributed by atoms with Crippen molar-refractivity contribution in [1.29, 1.82) is 0 Å². The number of rotatable bonds is 4. The lowest BCUT2D eigenvalue weighted by Gasteiger charge is -2.46. The Morgan fingerprint density at radius 1 is 1.28 bits per heavy atom. The van der Waals surface area contributed by atoms with Crippen molar-refractivity contribution in [3.63, 3.8) is 0 Å². The van der Waals surface area contributed by atoms with Gasteiger partial charge in [0, 0.05) is 32.3 Å². The fourth-order valence-electron chi connectivity index (χ4n) is 3.65. The Labute approximate surface area is 112 Å². The van der Waals surface area contributed by atoms with Gasteiger partial charge < -0.3 is 10.1 Å². The van der Waals surface area contributed by atoms with Gasteiger partial charge in [-0.2, -0.15) is 0 Å². The van der Waals surface area contributed by atoms with Gasteiger partial charge in [-0.1, -0.05) is 6.92 Å². The molecule has 18 heavy (non-hydrogen) atoms. The highest BCUT2D eigenvalue weighted by Gasteiger charge is 2.36. The normalized spacial score (nSPS) is 33.5. The van der Waals surface area contributed by atoms with Gasteiger partial charge in [0.25, 0.3) is 0 Å². The number of hydrogen-bond acceptors (Lipinski definition) is 3. The van der Waals surface area contributed by atoms with E-state index in [1.54, 1.807) is 0 Å². The summed E-state index contributed by atoms with van der Waals surface area (Å²) in [7, 11) is 2.08. The molecule has 2 unspecified atom stereocenters. The van der Waals surface area contributed by atoms with E-state index in [2.05, 4.69) is 31.1 Å². The molecule has 2 heterocycles. The summed E-state index contributed by atoms with van der Waals surface area (Å²) in [5.41, 5.74) is 0.443.